The number of carbonyl (C=O) groups excluding carboxylic acids is 3. The molecule has 1 aliphatic rings. The molecule has 6 nitrogen and oxygen atoms in total. The number of benzene rings is 2. The molecule has 7 heteroatoms. The van der Waals surface area contributed by atoms with Crippen LogP contribution in [0, 0.1) is 13.8 Å². The van der Waals surface area contributed by atoms with Gasteiger partial charge in [-0.05, 0) is 66.2 Å². The first-order chi connectivity index (χ1) is 15.3. The predicted molar refractivity (Wildman–Crippen MR) is 122 cm³/mol. The summed E-state index contributed by atoms with van der Waals surface area (Å²) >= 11 is 1.25. The molecule has 0 fully saturated rings. The maximum atomic E-state index is 13.3. The molecule has 32 heavy (non-hydrogen) atoms. The zero-order valence-electron chi connectivity index (χ0n) is 17.8. The highest BCUT2D eigenvalue weighted by Crippen LogP contribution is 2.43. The molecule has 1 N–H and O–H groups in total. The molecule has 0 spiro atoms. The van der Waals surface area contributed by atoms with Gasteiger partial charge in [0.05, 0.1) is 16.5 Å². The highest BCUT2D eigenvalue weighted by atomic mass is 32.1. The summed E-state index contributed by atoms with van der Waals surface area (Å²) in [6.45, 7) is 5.15. The molecule has 0 saturated carbocycles. The molecule has 0 aliphatic carbocycles. The molecule has 2 aromatic carbocycles. The highest BCUT2D eigenvalue weighted by molar-refractivity contribution is 7.12. The van der Waals surface area contributed by atoms with Gasteiger partial charge in [0.2, 0.25) is 5.78 Å². The molecule has 162 valence electrons. The largest absolute Gasteiger partial charge is 0.503 e. The molecule has 0 bridgehead atoms. The molecular weight excluding hydrogens is 426 g/mol. The summed E-state index contributed by atoms with van der Waals surface area (Å²) in [7, 11) is 0. The molecule has 1 aromatic heterocycles. The summed E-state index contributed by atoms with van der Waals surface area (Å²) in [5.41, 5.74) is 3.12. The van der Waals surface area contributed by atoms with Crippen LogP contribution in [-0.4, -0.2) is 22.8 Å². The lowest BCUT2D eigenvalue weighted by molar-refractivity contribution is -0.131. The van der Waals surface area contributed by atoms with Crippen LogP contribution in [-0.2, 0) is 9.59 Å². The van der Waals surface area contributed by atoms with Crippen LogP contribution in [0.1, 0.15) is 39.3 Å². The van der Waals surface area contributed by atoms with Crippen LogP contribution >= 0.6 is 11.3 Å². The number of aliphatic hydroxyl groups excluding tert-OH is 1. The van der Waals surface area contributed by atoms with E-state index < -0.39 is 29.5 Å². The van der Waals surface area contributed by atoms with Gasteiger partial charge < -0.3 is 9.84 Å². The predicted octanol–water partition coefficient (Wildman–Crippen LogP) is 5.07. The number of Topliss-reactive ketones (excluding diaryl/α,β-unsaturated/α-hetero) is 1. The fourth-order valence-corrected chi connectivity index (χ4v) is 4.61. The Morgan fingerprint density at radius 2 is 1.69 bits per heavy atom. The fourth-order valence-electron chi connectivity index (χ4n) is 3.93. The van der Waals surface area contributed by atoms with Crippen LogP contribution in [0.25, 0.3) is 0 Å². The Hall–Kier alpha value is -3.71. The van der Waals surface area contributed by atoms with Crippen molar-refractivity contribution in [1.82, 2.24) is 0 Å². The van der Waals surface area contributed by atoms with Crippen molar-refractivity contribution in [2.75, 3.05) is 4.90 Å². The second-order valence-corrected chi connectivity index (χ2v) is 8.60. The number of hydrogen-bond acceptors (Lipinski definition) is 6. The van der Waals surface area contributed by atoms with Gasteiger partial charge in [-0.25, -0.2) is 0 Å². The first-order valence-corrected chi connectivity index (χ1v) is 10.9. The third-order valence-corrected chi connectivity index (χ3v) is 6.01. The van der Waals surface area contributed by atoms with Crippen molar-refractivity contribution in [2.24, 2.45) is 0 Å². The zero-order valence-corrected chi connectivity index (χ0v) is 18.6. The average molecular weight is 448 g/mol. The van der Waals surface area contributed by atoms with E-state index in [-0.39, 0.29) is 5.57 Å². The van der Waals surface area contributed by atoms with Crippen molar-refractivity contribution < 1.29 is 24.2 Å². The van der Waals surface area contributed by atoms with E-state index in [2.05, 4.69) is 0 Å². The summed E-state index contributed by atoms with van der Waals surface area (Å²) < 4.78 is 5.10. The molecule has 3 aromatic rings. The molecule has 1 amide bonds. The normalized spacial score (nSPS) is 15.9. The highest BCUT2D eigenvalue weighted by Gasteiger charge is 2.45. The minimum Gasteiger partial charge on any atom is -0.503 e. The molecule has 1 atom stereocenters. The number of amides is 1. The van der Waals surface area contributed by atoms with Gasteiger partial charge in [-0.15, -0.1) is 11.3 Å². The Bertz CT molecular complexity index is 1220. The Balaban J connectivity index is 1.86. The van der Waals surface area contributed by atoms with E-state index in [1.807, 2.05) is 32.0 Å². The van der Waals surface area contributed by atoms with Crippen molar-refractivity contribution in [1.29, 1.82) is 0 Å². The van der Waals surface area contributed by atoms with Crippen LogP contribution < -0.4 is 9.64 Å². The van der Waals surface area contributed by atoms with E-state index in [0.29, 0.717) is 21.9 Å². The number of nitrogens with zero attached hydrogens (tertiary/aromatic N) is 1. The van der Waals surface area contributed by atoms with Crippen molar-refractivity contribution in [2.45, 2.75) is 26.8 Å². The van der Waals surface area contributed by atoms with Gasteiger partial charge in [-0.2, -0.15) is 0 Å². The van der Waals surface area contributed by atoms with Crippen molar-refractivity contribution >= 4 is 34.7 Å². The monoisotopic (exact) mass is 447 g/mol. The number of anilines is 1. The first kappa shape index (κ1) is 21.5. The summed E-state index contributed by atoms with van der Waals surface area (Å²) in [6.07, 6.45) is 0. The summed E-state index contributed by atoms with van der Waals surface area (Å²) in [4.78, 5) is 39.7. The fraction of sp³-hybridized carbons (Fsp3) is 0.160. The molecule has 4 rings (SSSR count). The van der Waals surface area contributed by atoms with Gasteiger partial charge in [0.1, 0.15) is 5.75 Å². The Kier molecular flexibility index (Phi) is 5.67. The Morgan fingerprint density at radius 1 is 1.03 bits per heavy atom. The molecule has 1 unspecified atom stereocenters. The summed E-state index contributed by atoms with van der Waals surface area (Å²) in [6, 6.07) is 14.8. The van der Waals surface area contributed by atoms with Gasteiger partial charge in [-0.3, -0.25) is 19.3 Å². The maximum absolute atomic E-state index is 13.3. The molecule has 1 aliphatic heterocycles. The number of aryl methyl sites for hydroxylation is 2. The van der Waals surface area contributed by atoms with E-state index >= 15 is 0 Å². The molecule has 2 heterocycles. The van der Waals surface area contributed by atoms with Crippen LogP contribution in [0.3, 0.4) is 0 Å². The number of ketones is 1. The van der Waals surface area contributed by atoms with Gasteiger partial charge in [-0.1, -0.05) is 24.3 Å². The van der Waals surface area contributed by atoms with E-state index in [0.717, 1.165) is 11.1 Å². The van der Waals surface area contributed by atoms with Crippen molar-refractivity contribution in [3.63, 3.8) is 0 Å². The van der Waals surface area contributed by atoms with E-state index in [9.17, 15) is 19.5 Å². The smallest absolute Gasteiger partial charge is 0.308 e. The Morgan fingerprint density at radius 3 is 2.25 bits per heavy atom. The summed E-state index contributed by atoms with van der Waals surface area (Å²) in [5.74, 6) is -1.69. The minimum absolute atomic E-state index is 0.0249. The number of rotatable bonds is 5. The second kappa shape index (κ2) is 8.43. The van der Waals surface area contributed by atoms with E-state index in [4.69, 9.17) is 4.74 Å². The van der Waals surface area contributed by atoms with Crippen LogP contribution in [0.15, 0.2) is 71.3 Å². The molecule has 0 radical (unpaired) electrons. The lowest BCUT2D eigenvalue weighted by Gasteiger charge is -2.27. The van der Waals surface area contributed by atoms with Gasteiger partial charge in [0, 0.05) is 12.6 Å². The van der Waals surface area contributed by atoms with E-state index in [1.54, 1.807) is 41.8 Å². The lowest BCUT2D eigenvalue weighted by atomic mass is 9.95. The number of thiophene rings is 1. The maximum Gasteiger partial charge on any atom is 0.308 e. The number of carbonyl (C=O) groups is 3. The Labute approximate surface area is 189 Å². The number of aliphatic hydroxyl groups is 1. The van der Waals surface area contributed by atoms with Crippen LogP contribution in [0.4, 0.5) is 5.69 Å². The molecule has 0 saturated heterocycles. The van der Waals surface area contributed by atoms with Gasteiger partial charge in [0.25, 0.3) is 5.91 Å². The third kappa shape index (κ3) is 3.94. The van der Waals surface area contributed by atoms with Crippen molar-refractivity contribution in [3.05, 3.63) is 92.9 Å². The van der Waals surface area contributed by atoms with Gasteiger partial charge in [0.15, 0.2) is 5.76 Å². The van der Waals surface area contributed by atoms with Crippen molar-refractivity contribution in [3.8, 4) is 5.75 Å². The van der Waals surface area contributed by atoms with Crippen LogP contribution in [0.2, 0.25) is 0 Å². The number of esters is 1. The summed E-state index contributed by atoms with van der Waals surface area (Å²) in [5, 5.41) is 12.6. The van der Waals surface area contributed by atoms with E-state index in [1.165, 1.54) is 23.2 Å². The van der Waals surface area contributed by atoms with Gasteiger partial charge >= 0.3 is 5.97 Å². The average Bonchev–Trinajstić information content (AvgIpc) is 3.35. The standard InChI is InChI=1S/C25H21NO5S/c1-14-11-15(2)13-18(12-14)26-22(17-6-8-19(9-7-17)31-16(3)27)21(24(29)25(26)30)23(28)20-5-4-10-32-20/h4-13,22,29H,1-3H3. The first-order valence-electron chi connectivity index (χ1n) is 9.98. The minimum atomic E-state index is -0.829. The quantitative estimate of drug-likeness (QED) is 0.335. The second-order valence-electron chi connectivity index (χ2n) is 7.65. The zero-order chi connectivity index (χ0) is 23.0. The SMILES string of the molecule is CC(=O)Oc1ccc(C2C(C(=O)c3cccs3)=C(O)C(=O)N2c2cc(C)cc(C)c2)cc1. The topological polar surface area (TPSA) is 83.9 Å². The third-order valence-electron chi connectivity index (χ3n) is 5.14. The lowest BCUT2D eigenvalue weighted by Crippen LogP contribution is -2.31. The number of ether oxygens (including phenoxy) is 1. The number of hydrogen-bond donors (Lipinski definition) is 1. The molecular formula is C25H21NO5S. The van der Waals surface area contributed by atoms with Crippen LogP contribution in [0.5, 0.6) is 5.75 Å².